The maximum absolute atomic E-state index is 13.5. The van der Waals surface area contributed by atoms with E-state index >= 15 is 0 Å². The number of aromatic carboxylic acids is 1. The quantitative estimate of drug-likeness (QED) is 0.508. The van der Waals surface area contributed by atoms with Gasteiger partial charge in [0.2, 0.25) is 5.76 Å². The molecule has 1 saturated carbocycles. The number of carboxylic acids is 1. The molecule has 2 aromatic heterocycles. The molecule has 2 fully saturated rings. The Labute approximate surface area is 209 Å². The highest BCUT2D eigenvalue weighted by Crippen LogP contribution is 2.28. The Hall–Kier alpha value is -3.66. The second-order valence-corrected chi connectivity index (χ2v) is 9.71. The molecule has 190 valence electrons. The first-order valence-electron chi connectivity index (χ1n) is 12.4. The summed E-state index contributed by atoms with van der Waals surface area (Å²) < 4.78 is 12.4. The van der Waals surface area contributed by atoms with Gasteiger partial charge in [-0.25, -0.2) is 9.48 Å². The van der Waals surface area contributed by atoms with Gasteiger partial charge in [-0.05, 0) is 63.4 Å². The third-order valence-electron chi connectivity index (χ3n) is 6.87. The van der Waals surface area contributed by atoms with E-state index in [0.717, 1.165) is 38.0 Å². The SMILES string of the molecule is CC1CN(c2ccc(C(=O)N(Cc3cn(Cc4ccoc4C(=O)O)nn3)C3CCC3)cc2)CC(C)O1. The zero-order valence-corrected chi connectivity index (χ0v) is 20.5. The Morgan fingerprint density at radius 1 is 1.11 bits per heavy atom. The van der Waals surface area contributed by atoms with E-state index in [1.165, 1.54) is 6.26 Å². The normalized spacial score (nSPS) is 20.2. The van der Waals surface area contributed by atoms with Crippen LogP contribution in [0.1, 0.15) is 65.3 Å². The molecule has 1 aromatic carbocycles. The molecule has 1 saturated heterocycles. The molecule has 1 N–H and O–H groups in total. The van der Waals surface area contributed by atoms with Crippen molar-refractivity contribution < 1.29 is 23.8 Å². The largest absolute Gasteiger partial charge is 0.475 e. The summed E-state index contributed by atoms with van der Waals surface area (Å²) in [4.78, 5) is 29.0. The van der Waals surface area contributed by atoms with Crippen LogP contribution in [0, 0.1) is 0 Å². The van der Waals surface area contributed by atoms with Crippen LogP contribution in [0.5, 0.6) is 0 Å². The fraction of sp³-hybridized carbons (Fsp3) is 0.462. The molecule has 0 spiro atoms. The summed E-state index contributed by atoms with van der Waals surface area (Å²) in [6, 6.07) is 9.61. The Balaban J connectivity index is 1.28. The predicted octanol–water partition coefficient (Wildman–Crippen LogP) is 3.43. The highest BCUT2D eigenvalue weighted by atomic mass is 16.5. The van der Waals surface area contributed by atoms with Crippen molar-refractivity contribution in [1.82, 2.24) is 19.9 Å². The fourth-order valence-electron chi connectivity index (χ4n) is 4.92. The maximum Gasteiger partial charge on any atom is 0.372 e. The molecule has 2 atom stereocenters. The molecule has 36 heavy (non-hydrogen) atoms. The van der Waals surface area contributed by atoms with Crippen molar-refractivity contribution >= 4 is 17.6 Å². The van der Waals surface area contributed by atoms with Crippen molar-refractivity contribution in [3.8, 4) is 0 Å². The number of morpholine rings is 1. The number of ether oxygens (including phenoxy) is 1. The summed E-state index contributed by atoms with van der Waals surface area (Å²) in [6.45, 7) is 6.38. The number of carboxylic acid groups (broad SMARTS) is 1. The van der Waals surface area contributed by atoms with Crippen molar-refractivity contribution in [3.05, 3.63) is 65.4 Å². The number of hydrogen-bond acceptors (Lipinski definition) is 7. The van der Waals surface area contributed by atoms with Crippen LogP contribution in [-0.2, 0) is 17.8 Å². The minimum Gasteiger partial charge on any atom is -0.475 e. The van der Waals surface area contributed by atoms with E-state index in [1.54, 1.807) is 16.9 Å². The molecule has 1 aliphatic heterocycles. The topological polar surface area (TPSA) is 114 Å². The molecule has 10 nitrogen and oxygen atoms in total. The van der Waals surface area contributed by atoms with E-state index in [1.807, 2.05) is 29.2 Å². The monoisotopic (exact) mass is 493 g/mol. The van der Waals surface area contributed by atoms with Gasteiger partial charge >= 0.3 is 5.97 Å². The van der Waals surface area contributed by atoms with Crippen LogP contribution >= 0.6 is 0 Å². The van der Waals surface area contributed by atoms with Gasteiger partial charge in [0.15, 0.2) is 0 Å². The van der Waals surface area contributed by atoms with Gasteiger partial charge in [-0.2, -0.15) is 0 Å². The Morgan fingerprint density at radius 3 is 2.47 bits per heavy atom. The fourth-order valence-corrected chi connectivity index (χ4v) is 4.92. The van der Waals surface area contributed by atoms with E-state index in [9.17, 15) is 14.7 Å². The van der Waals surface area contributed by atoms with Gasteiger partial charge in [0.1, 0.15) is 5.69 Å². The van der Waals surface area contributed by atoms with Crippen LogP contribution in [-0.4, -0.2) is 68.2 Å². The first-order chi connectivity index (χ1) is 17.4. The van der Waals surface area contributed by atoms with Gasteiger partial charge in [0.05, 0.1) is 37.8 Å². The Bertz CT molecular complexity index is 1210. The number of carbonyl (C=O) groups excluding carboxylic acids is 1. The van der Waals surface area contributed by atoms with Gasteiger partial charge in [0.25, 0.3) is 5.91 Å². The van der Waals surface area contributed by atoms with E-state index in [-0.39, 0.29) is 36.5 Å². The lowest BCUT2D eigenvalue weighted by molar-refractivity contribution is -0.00522. The van der Waals surface area contributed by atoms with Crippen LogP contribution in [0.25, 0.3) is 0 Å². The van der Waals surface area contributed by atoms with Crippen molar-refractivity contribution in [3.63, 3.8) is 0 Å². The lowest BCUT2D eigenvalue weighted by atomic mass is 9.90. The predicted molar refractivity (Wildman–Crippen MR) is 131 cm³/mol. The van der Waals surface area contributed by atoms with Crippen LogP contribution in [0.4, 0.5) is 5.69 Å². The first-order valence-corrected chi connectivity index (χ1v) is 12.4. The first kappa shape index (κ1) is 24.1. The van der Waals surface area contributed by atoms with E-state index in [0.29, 0.717) is 23.4 Å². The number of amides is 1. The molecule has 1 aliphatic carbocycles. The number of anilines is 1. The van der Waals surface area contributed by atoms with Crippen molar-refractivity contribution in [1.29, 1.82) is 0 Å². The molecule has 0 radical (unpaired) electrons. The number of benzene rings is 1. The lowest BCUT2D eigenvalue weighted by Gasteiger charge is -2.38. The average molecular weight is 494 g/mol. The molecule has 0 bridgehead atoms. The summed E-state index contributed by atoms with van der Waals surface area (Å²) >= 11 is 0. The van der Waals surface area contributed by atoms with Gasteiger partial charge in [-0.3, -0.25) is 4.79 Å². The van der Waals surface area contributed by atoms with Crippen LogP contribution in [0.3, 0.4) is 0 Å². The number of nitrogens with zero attached hydrogens (tertiary/aromatic N) is 5. The van der Waals surface area contributed by atoms with Crippen LogP contribution in [0.15, 0.2) is 47.2 Å². The summed E-state index contributed by atoms with van der Waals surface area (Å²) in [5, 5.41) is 17.6. The van der Waals surface area contributed by atoms with E-state index in [2.05, 4.69) is 29.1 Å². The molecular formula is C26H31N5O5. The molecule has 2 aliphatic rings. The minimum atomic E-state index is -1.12. The lowest BCUT2D eigenvalue weighted by Crippen LogP contribution is -2.45. The van der Waals surface area contributed by atoms with E-state index < -0.39 is 5.97 Å². The number of furan rings is 1. The van der Waals surface area contributed by atoms with Crippen LogP contribution in [0.2, 0.25) is 0 Å². The zero-order chi connectivity index (χ0) is 25.2. The molecular weight excluding hydrogens is 462 g/mol. The van der Waals surface area contributed by atoms with Crippen molar-refractivity contribution in [2.24, 2.45) is 0 Å². The molecule has 10 heteroatoms. The summed E-state index contributed by atoms with van der Waals surface area (Å²) in [5.41, 5.74) is 2.90. The molecule has 2 unspecified atom stereocenters. The molecule has 5 rings (SSSR count). The number of aromatic nitrogens is 3. The second-order valence-electron chi connectivity index (χ2n) is 9.71. The molecule has 3 aromatic rings. The van der Waals surface area contributed by atoms with Gasteiger partial charge in [-0.1, -0.05) is 5.21 Å². The van der Waals surface area contributed by atoms with E-state index in [4.69, 9.17) is 9.15 Å². The maximum atomic E-state index is 13.5. The summed E-state index contributed by atoms with van der Waals surface area (Å²) in [5.74, 6) is -1.25. The number of hydrogen-bond donors (Lipinski definition) is 1. The minimum absolute atomic E-state index is 0.0208. The Kier molecular flexibility index (Phi) is 6.77. The summed E-state index contributed by atoms with van der Waals surface area (Å²) in [6.07, 6.45) is 6.48. The summed E-state index contributed by atoms with van der Waals surface area (Å²) in [7, 11) is 0. The number of carbonyl (C=O) groups is 2. The molecule has 3 heterocycles. The van der Waals surface area contributed by atoms with Gasteiger partial charge in [0, 0.05) is 35.9 Å². The third-order valence-corrected chi connectivity index (χ3v) is 6.87. The standard InChI is InChI=1S/C26H31N5O5/c1-17-12-29(13-18(2)36-17)22-8-6-19(7-9-22)25(32)31(23-4-3-5-23)16-21-15-30(28-27-21)14-20-10-11-35-24(20)26(33)34/h6-11,15,17-18,23H,3-5,12-14,16H2,1-2H3,(H,33,34). The highest BCUT2D eigenvalue weighted by Gasteiger charge is 2.30. The smallest absolute Gasteiger partial charge is 0.372 e. The second kappa shape index (κ2) is 10.1. The van der Waals surface area contributed by atoms with Gasteiger partial charge < -0.3 is 24.1 Å². The van der Waals surface area contributed by atoms with Crippen molar-refractivity contribution in [2.75, 3.05) is 18.0 Å². The highest BCUT2D eigenvalue weighted by molar-refractivity contribution is 5.94. The number of rotatable bonds is 8. The average Bonchev–Trinajstić information content (AvgIpc) is 3.46. The van der Waals surface area contributed by atoms with Gasteiger partial charge in [-0.15, -0.1) is 5.10 Å². The van der Waals surface area contributed by atoms with Crippen molar-refractivity contribution in [2.45, 2.75) is 64.4 Å². The Morgan fingerprint density at radius 2 is 1.83 bits per heavy atom. The molecule has 1 amide bonds. The third kappa shape index (κ3) is 5.13. The zero-order valence-electron chi connectivity index (χ0n) is 20.5. The van der Waals surface area contributed by atoms with Crippen LogP contribution < -0.4 is 4.90 Å².